The Balaban J connectivity index is 2.01. The molecule has 0 radical (unpaired) electrons. The van der Waals surface area contributed by atoms with Crippen LogP contribution in [0.1, 0.15) is 60.3 Å². The van der Waals surface area contributed by atoms with Crippen LogP contribution < -0.4 is 15.7 Å². The Labute approximate surface area is 246 Å². The van der Waals surface area contributed by atoms with Crippen molar-refractivity contribution < 1.29 is 55.3 Å². The summed E-state index contributed by atoms with van der Waals surface area (Å²) in [6.45, 7) is 4.68. The maximum atomic E-state index is 13.3. The van der Waals surface area contributed by atoms with Gasteiger partial charge in [0, 0.05) is 25.0 Å². The van der Waals surface area contributed by atoms with Crippen LogP contribution in [0.4, 0.5) is 31.1 Å². The lowest BCUT2D eigenvalue weighted by Crippen LogP contribution is -2.31. The van der Waals surface area contributed by atoms with E-state index >= 15 is 0 Å². The van der Waals surface area contributed by atoms with Crippen LogP contribution in [0.25, 0.3) is 0 Å². The lowest BCUT2D eigenvalue weighted by atomic mass is 10.00. The predicted octanol–water partition coefficient (Wildman–Crippen LogP) is 5.57. The molecule has 2 amide bonds. The number of ether oxygens (including phenoxy) is 2. The second-order valence-electron chi connectivity index (χ2n) is 10.6. The molecule has 1 aromatic heterocycles. The first-order valence-corrected chi connectivity index (χ1v) is 12.8. The summed E-state index contributed by atoms with van der Waals surface area (Å²) in [5.41, 5.74) is -2.41. The monoisotopic (exact) mass is 630 g/mol. The Morgan fingerprint density at radius 2 is 1.68 bits per heavy atom. The van der Waals surface area contributed by atoms with Gasteiger partial charge in [-0.05, 0) is 62.2 Å². The summed E-state index contributed by atoms with van der Waals surface area (Å²) in [7, 11) is 1.55. The molecule has 0 aliphatic heterocycles. The number of carbonyl (C=O) groups excluding carboxylic acids is 2. The number of carboxylic acid groups (broad SMARTS) is 1. The molecule has 0 spiro atoms. The normalized spacial score (nSPS) is 13.4. The molecule has 44 heavy (non-hydrogen) atoms. The molecule has 238 valence electrons. The first kappa shape index (κ1) is 33.7. The van der Waals surface area contributed by atoms with E-state index in [0.717, 1.165) is 24.3 Å². The fraction of sp³-hybridized carbons (Fsp3) is 0.357. The topological polar surface area (TPSA) is 124 Å². The number of rotatable bonds is 8. The van der Waals surface area contributed by atoms with Gasteiger partial charge in [0.2, 0.25) is 5.62 Å². The first-order chi connectivity index (χ1) is 20.2. The van der Waals surface area contributed by atoms with Gasteiger partial charge in [0.15, 0.2) is 0 Å². The lowest BCUT2D eigenvalue weighted by Gasteiger charge is -2.20. The minimum absolute atomic E-state index is 0.0541. The van der Waals surface area contributed by atoms with Crippen molar-refractivity contribution in [2.75, 3.05) is 0 Å². The SMILES string of the molecule is Cn1ccn(Cc2cc(OC(F)(F)F)cc(C(=O)NC(CC(=O)O)c3cccc(C(F)(F)F)c3)c2)/c1=N/C(=O)OC(C)(C)C. The molecule has 1 heterocycles. The van der Waals surface area contributed by atoms with Gasteiger partial charge in [-0.3, -0.25) is 9.59 Å². The number of carbonyl (C=O) groups is 3. The van der Waals surface area contributed by atoms with Crippen molar-refractivity contribution in [3.8, 4) is 5.75 Å². The van der Waals surface area contributed by atoms with Crippen molar-refractivity contribution in [2.45, 2.75) is 57.9 Å². The van der Waals surface area contributed by atoms with Crippen LogP contribution in [0, 0.1) is 0 Å². The fourth-order valence-electron chi connectivity index (χ4n) is 4.02. The number of aryl methyl sites for hydroxylation is 1. The van der Waals surface area contributed by atoms with Gasteiger partial charge in [-0.15, -0.1) is 18.2 Å². The molecule has 0 fully saturated rings. The third-order valence-electron chi connectivity index (χ3n) is 5.74. The van der Waals surface area contributed by atoms with E-state index in [2.05, 4.69) is 15.0 Å². The molecule has 1 atom stereocenters. The van der Waals surface area contributed by atoms with Crippen molar-refractivity contribution >= 4 is 18.0 Å². The zero-order valence-corrected chi connectivity index (χ0v) is 23.8. The Hall–Kier alpha value is -4.76. The summed E-state index contributed by atoms with van der Waals surface area (Å²) in [5.74, 6) is -3.33. The molecule has 0 aliphatic carbocycles. The second-order valence-corrected chi connectivity index (χ2v) is 10.6. The molecular weight excluding hydrogens is 602 g/mol. The van der Waals surface area contributed by atoms with Crippen molar-refractivity contribution in [3.63, 3.8) is 0 Å². The zero-order valence-electron chi connectivity index (χ0n) is 23.8. The van der Waals surface area contributed by atoms with Gasteiger partial charge in [-0.25, -0.2) is 4.79 Å². The number of amides is 2. The number of alkyl halides is 6. The number of nitrogens with zero attached hydrogens (tertiary/aromatic N) is 3. The van der Waals surface area contributed by atoms with Crippen LogP contribution in [0.3, 0.4) is 0 Å². The van der Waals surface area contributed by atoms with E-state index in [1.54, 1.807) is 27.8 Å². The van der Waals surface area contributed by atoms with Crippen LogP contribution in [0.15, 0.2) is 59.9 Å². The Morgan fingerprint density at radius 3 is 2.27 bits per heavy atom. The maximum Gasteiger partial charge on any atom is 0.573 e. The Bertz CT molecular complexity index is 1600. The summed E-state index contributed by atoms with van der Waals surface area (Å²) < 4.78 is 91.2. The molecule has 10 nitrogen and oxygen atoms in total. The highest BCUT2D eigenvalue weighted by Gasteiger charge is 2.33. The number of hydrogen-bond donors (Lipinski definition) is 2. The molecule has 0 saturated carbocycles. The van der Waals surface area contributed by atoms with Crippen molar-refractivity contribution in [3.05, 3.63) is 82.7 Å². The molecule has 1 unspecified atom stereocenters. The molecule has 0 bridgehead atoms. The van der Waals surface area contributed by atoms with Crippen molar-refractivity contribution in [1.29, 1.82) is 0 Å². The molecule has 3 aromatic rings. The van der Waals surface area contributed by atoms with Gasteiger partial charge in [0.1, 0.15) is 11.4 Å². The highest BCUT2D eigenvalue weighted by Crippen LogP contribution is 2.32. The minimum Gasteiger partial charge on any atom is -0.481 e. The van der Waals surface area contributed by atoms with Crippen molar-refractivity contribution in [2.24, 2.45) is 12.0 Å². The summed E-state index contributed by atoms with van der Waals surface area (Å²) in [6, 6.07) is 5.09. The number of hydrogen-bond acceptors (Lipinski definition) is 5. The van der Waals surface area contributed by atoms with Gasteiger partial charge < -0.3 is 29.0 Å². The standard InChI is InChI=1S/C28H28F6N4O6/c1-26(2,3)44-25(42)36-24-37(4)8-9-38(24)15-16-10-18(13-20(11-16)43-28(32,33)34)23(41)35-21(14-22(39)40)17-6-5-7-19(12-17)27(29,30)31/h5-13,21H,14-15H2,1-4H3,(H,35,41)(H,39,40)/b36-24+. The molecule has 2 aromatic carbocycles. The number of aromatic nitrogens is 2. The minimum atomic E-state index is -5.15. The number of carboxylic acids is 1. The van der Waals surface area contributed by atoms with E-state index in [0.29, 0.717) is 6.07 Å². The van der Waals surface area contributed by atoms with Crippen LogP contribution in [0.5, 0.6) is 5.75 Å². The average molecular weight is 631 g/mol. The smallest absolute Gasteiger partial charge is 0.481 e. The number of imidazole rings is 1. The van der Waals surface area contributed by atoms with E-state index < -0.39 is 65.4 Å². The third kappa shape index (κ3) is 9.91. The number of benzene rings is 2. The van der Waals surface area contributed by atoms with Gasteiger partial charge in [-0.2, -0.15) is 13.2 Å². The second kappa shape index (κ2) is 12.9. The van der Waals surface area contributed by atoms with Crippen LogP contribution in [-0.2, 0) is 29.3 Å². The van der Waals surface area contributed by atoms with E-state index in [1.807, 2.05) is 0 Å². The number of halogens is 6. The predicted molar refractivity (Wildman–Crippen MR) is 141 cm³/mol. The van der Waals surface area contributed by atoms with Gasteiger partial charge in [-0.1, -0.05) is 12.1 Å². The van der Waals surface area contributed by atoms with E-state index in [4.69, 9.17) is 4.74 Å². The fourth-order valence-corrected chi connectivity index (χ4v) is 4.02. The highest BCUT2D eigenvalue weighted by atomic mass is 19.4. The number of aliphatic carboxylic acids is 1. The summed E-state index contributed by atoms with van der Waals surface area (Å²) >= 11 is 0. The van der Waals surface area contributed by atoms with Crippen LogP contribution in [0.2, 0.25) is 0 Å². The molecule has 2 N–H and O–H groups in total. The maximum absolute atomic E-state index is 13.3. The van der Waals surface area contributed by atoms with Crippen molar-refractivity contribution in [1.82, 2.24) is 14.5 Å². The van der Waals surface area contributed by atoms with E-state index in [1.165, 1.54) is 33.7 Å². The average Bonchev–Trinajstić information content (AvgIpc) is 3.19. The van der Waals surface area contributed by atoms with Gasteiger partial charge in [0.05, 0.1) is 24.6 Å². The van der Waals surface area contributed by atoms with Crippen LogP contribution >= 0.6 is 0 Å². The molecule has 3 rings (SSSR count). The quantitative estimate of drug-likeness (QED) is 0.314. The number of nitrogens with one attached hydrogen (secondary N) is 1. The van der Waals surface area contributed by atoms with Gasteiger partial charge >= 0.3 is 24.6 Å². The van der Waals surface area contributed by atoms with E-state index in [-0.39, 0.29) is 23.3 Å². The van der Waals surface area contributed by atoms with Crippen LogP contribution in [-0.4, -0.2) is 44.2 Å². The molecule has 0 aliphatic rings. The summed E-state index contributed by atoms with van der Waals surface area (Å²) in [4.78, 5) is 40.9. The first-order valence-electron chi connectivity index (χ1n) is 12.8. The summed E-state index contributed by atoms with van der Waals surface area (Å²) in [5, 5.41) is 11.6. The summed E-state index contributed by atoms with van der Waals surface area (Å²) in [6.07, 6.45) is -8.67. The highest BCUT2D eigenvalue weighted by molar-refractivity contribution is 5.95. The Morgan fingerprint density at radius 1 is 1.00 bits per heavy atom. The molecule has 16 heteroatoms. The largest absolute Gasteiger partial charge is 0.573 e. The third-order valence-corrected chi connectivity index (χ3v) is 5.74. The lowest BCUT2D eigenvalue weighted by molar-refractivity contribution is -0.274. The molecule has 0 saturated heterocycles. The Kier molecular flexibility index (Phi) is 9.85. The molecular formula is C28H28F6N4O6. The van der Waals surface area contributed by atoms with E-state index in [9.17, 15) is 45.8 Å². The zero-order chi connectivity index (χ0) is 33.0. The van der Waals surface area contributed by atoms with Gasteiger partial charge in [0.25, 0.3) is 5.91 Å².